The van der Waals surface area contributed by atoms with Crippen LogP contribution in [-0.4, -0.2) is 71.6 Å². The highest BCUT2D eigenvalue weighted by Gasteiger charge is 2.40. The Hall–Kier alpha value is -1.44. The second-order valence-electron chi connectivity index (χ2n) is 7.35. The number of thiophene rings is 1. The predicted molar refractivity (Wildman–Crippen MR) is 95.2 cm³/mol. The van der Waals surface area contributed by atoms with Gasteiger partial charge in [-0.15, -0.1) is 11.3 Å². The molecule has 2 amide bonds. The van der Waals surface area contributed by atoms with Crippen LogP contribution in [-0.2, 0) is 4.79 Å². The van der Waals surface area contributed by atoms with Gasteiger partial charge in [-0.1, -0.05) is 6.07 Å². The predicted octanol–water partition coefficient (Wildman–Crippen LogP) is 1.17. The highest BCUT2D eigenvalue weighted by atomic mass is 32.1. The third kappa shape index (κ3) is 4.55. The molecule has 0 aliphatic carbocycles. The molecule has 1 aromatic heterocycles. The minimum Gasteiger partial charge on any atom is -0.387 e. The molecule has 0 radical (unpaired) electrons. The normalized spacial score (nSPS) is 21.8. The zero-order chi connectivity index (χ0) is 18.0. The number of piperidine rings is 1. The monoisotopic (exact) mass is 353 g/mol. The van der Waals surface area contributed by atoms with E-state index in [2.05, 4.69) is 5.32 Å². The molecule has 0 aromatic carbocycles. The fourth-order valence-corrected chi connectivity index (χ4v) is 3.82. The molecule has 0 spiro atoms. The third-order valence-electron chi connectivity index (χ3n) is 4.16. The van der Waals surface area contributed by atoms with Crippen molar-refractivity contribution in [2.45, 2.75) is 37.8 Å². The molecule has 24 heavy (non-hydrogen) atoms. The summed E-state index contributed by atoms with van der Waals surface area (Å²) in [6.45, 7) is 4.83. The summed E-state index contributed by atoms with van der Waals surface area (Å²) < 4.78 is 0. The first-order valence-corrected chi connectivity index (χ1v) is 9.03. The smallest absolute Gasteiger partial charge is 0.262 e. The highest BCUT2D eigenvalue weighted by Crippen LogP contribution is 2.24. The Bertz CT molecular complexity index is 586. The Balaban J connectivity index is 2.04. The Morgan fingerprint density at radius 3 is 2.75 bits per heavy atom. The lowest BCUT2D eigenvalue weighted by molar-refractivity contribution is -0.144. The van der Waals surface area contributed by atoms with Gasteiger partial charge in [0.25, 0.3) is 5.91 Å². The van der Waals surface area contributed by atoms with Crippen LogP contribution >= 0.6 is 11.3 Å². The Morgan fingerprint density at radius 1 is 1.46 bits per heavy atom. The molecule has 2 rings (SSSR count). The topological polar surface area (TPSA) is 72.9 Å². The van der Waals surface area contributed by atoms with E-state index >= 15 is 0 Å². The molecule has 1 saturated heterocycles. The van der Waals surface area contributed by atoms with E-state index in [1.165, 1.54) is 11.3 Å². The lowest BCUT2D eigenvalue weighted by Crippen LogP contribution is -2.61. The van der Waals surface area contributed by atoms with Crippen LogP contribution < -0.4 is 5.32 Å². The van der Waals surface area contributed by atoms with Crippen LogP contribution in [0.2, 0.25) is 0 Å². The molecule has 1 aliphatic heterocycles. The standard InChI is InChI=1S/C17H27N3O3S/c1-16(2,18-14(21)13-7-5-10-24-13)15(22)20-9-6-8-17(23,12-20)11-19(3)4/h5,7,10,23H,6,8-9,11-12H2,1-4H3,(H,18,21)/t17-/m1/s1. The van der Waals surface area contributed by atoms with E-state index in [1.54, 1.807) is 30.9 Å². The fourth-order valence-electron chi connectivity index (χ4n) is 3.21. The Labute approximate surface area is 147 Å². The molecule has 1 aliphatic rings. The maximum absolute atomic E-state index is 12.9. The largest absolute Gasteiger partial charge is 0.387 e. The number of nitrogens with zero attached hydrogens (tertiary/aromatic N) is 2. The van der Waals surface area contributed by atoms with Gasteiger partial charge in [-0.2, -0.15) is 0 Å². The van der Waals surface area contributed by atoms with Crippen LogP contribution in [0.15, 0.2) is 17.5 Å². The summed E-state index contributed by atoms with van der Waals surface area (Å²) in [6, 6.07) is 3.54. The SMILES string of the molecule is CN(C)C[C@]1(O)CCCN(C(=O)C(C)(C)NC(=O)c2cccs2)C1. The van der Waals surface area contributed by atoms with Crippen molar-refractivity contribution in [2.24, 2.45) is 0 Å². The summed E-state index contributed by atoms with van der Waals surface area (Å²) in [5, 5.41) is 15.4. The first kappa shape index (κ1) is 18.9. The number of β-amino-alcohol motifs (C(OH)–C–C–N with tert-alkyl or cyclic N) is 1. The Morgan fingerprint density at radius 2 is 2.17 bits per heavy atom. The highest BCUT2D eigenvalue weighted by molar-refractivity contribution is 7.12. The molecular formula is C17H27N3O3S. The maximum atomic E-state index is 12.9. The molecule has 0 unspecified atom stereocenters. The molecule has 7 heteroatoms. The number of hydrogen-bond acceptors (Lipinski definition) is 5. The van der Waals surface area contributed by atoms with E-state index in [-0.39, 0.29) is 11.8 Å². The third-order valence-corrected chi connectivity index (χ3v) is 5.03. The number of likely N-dealkylation sites (N-methyl/N-ethyl adjacent to an activating group) is 1. The van der Waals surface area contributed by atoms with Gasteiger partial charge in [-0.05, 0) is 52.2 Å². The number of rotatable bonds is 5. The first-order valence-electron chi connectivity index (χ1n) is 8.15. The van der Waals surface area contributed by atoms with Gasteiger partial charge in [-0.3, -0.25) is 9.59 Å². The molecule has 0 bridgehead atoms. The van der Waals surface area contributed by atoms with Gasteiger partial charge < -0.3 is 20.2 Å². The lowest BCUT2D eigenvalue weighted by Gasteiger charge is -2.43. The van der Waals surface area contributed by atoms with Crippen molar-refractivity contribution in [3.63, 3.8) is 0 Å². The van der Waals surface area contributed by atoms with Crippen LogP contribution in [0, 0.1) is 0 Å². The van der Waals surface area contributed by atoms with Crippen LogP contribution in [0.3, 0.4) is 0 Å². The van der Waals surface area contributed by atoms with E-state index in [0.29, 0.717) is 30.9 Å². The van der Waals surface area contributed by atoms with Crippen molar-refractivity contribution in [3.8, 4) is 0 Å². The van der Waals surface area contributed by atoms with E-state index in [1.807, 2.05) is 24.4 Å². The van der Waals surface area contributed by atoms with Crippen LogP contribution in [0.4, 0.5) is 0 Å². The second-order valence-corrected chi connectivity index (χ2v) is 8.30. The zero-order valence-electron chi connectivity index (χ0n) is 14.8. The van der Waals surface area contributed by atoms with Gasteiger partial charge in [0.15, 0.2) is 0 Å². The minimum atomic E-state index is -1.02. The van der Waals surface area contributed by atoms with Gasteiger partial charge in [0.2, 0.25) is 5.91 Å². The van der Waals surface area contributed by atoms with Gasteiger partial charge in [0.1, 0.15) is 5.54 Å². The lowest BCUT2D eigenvalue weighted by atomic mass is 9.90. The van der Waals surface area contributed by atoms with Crippen LogP contribution in [0.5, 0.6) is 0 Å². The quantitative estimate of drug-likeness (QED) is 0.834. The van der Waals surface area contributed by atoms with Crippen LogP contribution in [0.25, 0.3) is 0 Å². The average molecular weight is 353 g/mol. The molecule has 134 valence electrons. The molecular weight excluding hydrogens is 326 g/mol. The summed E-state index contributed by atoms with van der Waals surface area (Å²) >= 11 is 1.34. The maximum Gasteiger partial charge on any atom is 0.262 e. The first-order chi connectivity index (χ1) is 11.1. The summed E-state index contributed by atoms with van der Waals surface area (Å²) in [6.07, 6.45) is 1.43. The van der Waals surface area contributed by atoms with E-state index < -0.39 is 11.1 Å². The summed E-state index contributed by atoms with van der Waals surface area (Å²) in [5.41, 5.74) is -1.91. The van der Waals surface area contributed by atoms with Crippen molar-refractivity contribution >= 4 is 23.2 Å². The van der Waals surface area contributed by atoms with Gasteiger partial charge in [-0.25, -0.2) is 0 Å². The van der Waals surface area contributed by atoms with Gasteiger partial charge in [0, 0.05) is 13.1 Å². The minimum absolute atomic E-state index is 0.163. The molecule has 1 aromatic rings. The number of nitrogens with one attached hydrogen (secondary N) is 1. The van der Waals surface area contributed by atoms with Crippen molar-refractivity contribution in [1.29, 1.82) is 0 Å². The number of carbonyl (C=O) groups excluding carboxylic acids is 2. The van der Waals surface area contributed by atoms with E-state index in [9.17, 15) is 14.7 Å². The average Bonchev–Trinajstić information content (AvgIpc) is 2.98. The van der Waals surface area contributed by atoms with E-state index in [4.69, 9.17) is 0 Å². The molecule has 2 N–H and O–H groups in total. The number of amides is 2. The van der Waals surface area contributed by atoms with Crippen molar-refractivity contribution < 1.29 is 14.7 Å². The van der Waals surface area contributed by atoms with Crippen molar-refractivity contribution in [3.05, 3.63) is 22.4 Å². The van der Waals surface area contributed by atoms with E-state index in [0.717, 1.165) is 6.42 Å². The molecule has 2 heterocycles. The number of likely N-dealkylation sites (tertiary alicyclic amines) is 1. The molecule has 0 saturated carbocycles. The molecule has 6 nitrogen and oxygen atoms in total. The van der Waals surface area contributed by atoms with Crippen molar-refractivity contribution in [2.75, 3.05) is 33.7 Å². The van der Waals surface area contributed by atoms with Gasteiger partial charge >= 0.3 is 0 Å². The van der Waals surface area contributed by atoms with Gasteiger partial charge in [0.05, 0.1) is 17.0 Å². The van der Waals surface area contributed by atoms with Crippen molar-refractivity contribution in [1.82, 2.24) is 15.1 Å². The summed E-state index contributed by atoms with van der Waals surface area (Å²) in [4.78, 5) is 29.3. The second kappa shape index (κ2) is 7.21. The number of hydrogen-bond donors (Lipinski definition) is 2. The number of carbonyl (C=O) groups is 2. The molecule has 1 atom stereocenters. The zero-order valence-corrected chi connectivity index (χ0v) is 15.7. The number of aliphatic hydroxyl groups is 1. The fraction of sp³-hybridized carbons (Fsp3) is 0.647. The summed E-state index contributed by atoms with van der Waals surface area (Å²) in [5.74, 6) is -0.409. The van der Waals surface area contributed by atoms with Crippen LogP contribution in [0.1, 0.15) is 36.4 Å². The Kier molecular flexibility index (Phi) is 5.67. The summed E-state index contributed by atoms with van der Waals surface area (Å²) in [7, 11) is 3.81. The molecule has 1 fully saturated rings.